The number of para-hydroxylation sites is 1. The standard InChI is InChI=1S/C23H21FN4O2/c24-18-5-1-2-6-20(18)28-14-23(30-22(28)29)9-3-4-17(11-23)13-27-15-26-19-8-7-16(12-25)10-21(19)27/h1-2,5-8,10,15,17H,3-4,9,11,13-14H2/t17-,23-/m0/s1. The van der Waals surface area contributed by atoms with Crippen LogP contribution in [0, 0.1) is 23.1 Å². The molecule has 5 rings (SSSR count). The third kappa shape index (κ3) is 3.18. The molecule has 1 aliphatic carbocycles. The highest BCUT2D eigenvalue weighted by Gasteiger charge is 2.48. The molecule has 2 aliphatic rings. The number of carbonyl (C=O) groups is 1. The van der Waals surface area contributed by atoms with Crippen molar-refractivity contribution in [2.24, 2.45) is 5.92 Å². The Kier molecular flexibility index (Phi) is 4.43. The molecular weight excluding hydrogens is 383 g/mol. The molecule has 30 heavy (non-hydrogen) atoms. The maximum Gasteiger partial charge on any atom is 0.415 e. The van der Waals surface area contributed by atoms with E-state index in [9.17, 15) is 14.4 Å². The van der Waals surface area contributed by atoms with Gasteiger partial charge in [-0.3, -0.25) is 4.90 Å². The molecule has 1 saturated carbocycles. The average molecular weight is 404 g/mol. The molecule has 7 heteroatoms. The Morgan fingerprint density at radius 1 is 1.30 bits per heavy atom. The molecule has 2 heterocycles. The lowest BCUT2D eigenvalue weighted by Crippen LogP contribution is -2.40. The van der Waals surface area contributed by atoms with Crippen LogP contribution in [0.1, 0.15) is 31.2 Å². The summed E-state index contributed by atoms with van der Waals surface area (Å²) in [7, 11) is 0. The minimum Gasteiger partial charge on any atom is -0.441 e. The molecule has 2 aromatic carbocycles. The lowest BCUT2D eigenvalue weighted by atomic mass is 9.78. The molecule has 0 radical (unpaired) electrons. The maximum atomic E-state index is 14.2. The molecule has 1 saturated heterocycles. The number of hydrogen-bond donors (Lipinski definition) is 0. The Balaban J connectivity index is 1.36. The Hall–Kier alpha value is -3.40. The highest BCUT2D eigenvalue weighted by molar-refractivity contribution is 5.90. The fraction of sp³-hybridized carbons (Fsp3) is 0.348. The van der Waals surface area contributed by atoms with Crippen LogP contribution in [0.2, 0.25) is 0 Å². The van der Waals surface area contributed by atoms with Crippen molar-refractivity contribution in [2.75, 3.05) is 11.4 Å². The van der Waals surface area contributed by atoms with Gasteiger partial charge in [0.25, 0.3) is 0 Å². The highest BCUT2D eigenvalue weighted by Crippen LogP contribution is 2.42. The number of nitrogens with zero attached hydrogens (tertiary/aromatic N) is 4. The van der Waals surface area contributed by atoms with Crippen LogP contribution in [0.3, 0.4) is 0 Å². The second-order valence-electron chi connectivity index (χ2n) is 8.26. The summed E-state index contributed by atoms with van der Waals surface area (Å²) in [5, 5.41) is 9.19. The van der Waals surface area contributed by atoms with Gasteiger partial charge in [0.05, 0.1) is 41.2 Å². The van der Waals surface area contributed by atoms with Gasteiger partial charge in [0, 0.05) is 6.54 Å². The first-order valence-electron chi connectivity index (χ1n) is 10.2. The smallest absolute Gasteiger partial charge is 0.415 e. The molecule has 3 aromatic rings. The second kappa shape index (κ2) is 7.13. The normalized spacial score (nSPS) is 23.7. The van der Waals surface area contributed by atoms with Crippen LogP contribution in [0.4, 0.5) is 14.9 Å². The van der Waals surface area contributed by atoms with Crippen molar-refractivity contribution >= 4 is 22.8 Å². The van der Waals surface area contributed by atoms with Crippen molar-refractivity contribution in [3.05, 3.63) is 60.2 Å². The Labute approximate surface area is 173 Å². The number of halogens is 1. The van der Waals surface area contributed by atoms with E-state index in [1.165, 1.54) is 11.0 Å². The number of imidazole rings is 1. The number of ether oxygens (including phenoxy) is 1. The molecule has 152 valence electrons. The zero-order chi connectivity index (χ0) is 20.7. The molecular formula is C23H21FN4O2. The van der Waals surface area contributed by atoms with Gasteiger partial charge in [-0.1, -0.05) is 12.1 Å². The van der Waals surface area contributed by atoms with Crippen LogP contribution >= 0.6 is 0 Å². The van der Waals surface area contributed by atoms with Crippen LogP contribution in [0.15, 0.2) is 48.8 Å². The first kappa shape index (κ1) is 18.6. The quantitative estimate of drug-likeness (QED) is 0.638. The number of amides is 1. The van der Waals surface area contributed by atoms with Gasteiger partial charge in [0.1, 0.15) is 11.4 Å². The van der Waals surface area contributed by atoms with Gasteiger partial charge in [-0.15, -0.1) is 0 Å². The van der Waals surface area contributed by atoms with E-state index in [0.29, 0.717) is 18.0 Å². The molecule has 0 bridgehead atoms. The Morgan fingerprint density at radius 3 is 3.00 bits per heavy atom. The van der Waals surface area contributed by atoms with Gasteiger partial charge in [0.15, 0.2) is 0 Å². The van der Waals surface area contributed by atoms with Crippen molar-refractivity contribution in [1.82, 2.24) is 9.55 Å². The summed E-state index contributed by atoms with van der Waals surface area (Å²) >= 11 is 0. The zero-order valence-electron chi connectivity index (χ0n) is 16.4. The maximum absolute atomic E-state index is 14.2. The van der Waals surface area contributed by atoms with Crippen molar-refractivity contribution in [3.8, 4) is 6.07 Å². The highest BCUT2D eigenvalue weighted by atomic mass is 19.1. The lowest BCUT2D eigenvalue weighted by Gasteiger charge is -2.36. The van der Waals surface area contributed by atoms with Crippen molar-refractivity contribution in [2.45, 2.75) is 37.8 Å². The number of anilines is 1. The number of aromatic nitrogens is 2. The average Bonchev–Trinajstić information content (AvgIpc) is 3.28. The van der Waals surface area contributed by atoms with E-state index in [1.54, 1.807) is 30.6 Å². The molecule has 0 unspecified atom stereocenters. The third-order valence-corrected chi connectivity index (χ3v) is 6.22. The van der Waals surface area contributed by atoms with E-state index in [1.807, 2.05) is 12.1 Å². The number of nitriles is 1. The van der Waals surface area contributed by atoms with Gasteiger partial charge in [0.2, 0.25) is 0 Å². The summed E-state index contributed by atoms with van der Waals surface area (Å²) in [6.45, 7) is 1.11. The first-order chi connectivity index (χ1) is 14.6. The first-order valence-corrected chi connectivity index (χ1v) is 10.2. The minimum atomic E-state index is -0.587. The number of fused-ring (bicyclic) bond motifs is 1. The van der Waals surface area contributed by atoms with E-state index in [2.05, 4.69) is 15.6 Å². The van der Waals surface area contributed by atoms with Gasteiger partial charge in [-0.25, -0.2) is 14.2 Å². The summed E-state index contributed by atoms with van der Waals surface area (Å²) in [4.78, 5) is 18.4. The summed E-state index contributed by atoms with van der Waals surface area (Å²) in [5.41, 5.74) is 2.08. The van der Waals surface area contributed by atoms with Crippen molar-refractivity contribution in [3.63, 3.8) is 0 Å². The van der Waals surface area contributed by atoms with Gasteiger partial charge < -0.3 is 9.30 Å². The summed E-state index contributed by atoms with van der Waals surface area (Å²) < 4.78 is 22.1. The monoisotopic (exact) mass is 404 g/mol. The Morgan fingerprint density at radius 2 is 2.17 bits per heavy atom. The number of carbonyl (C=O) groups excluding carboxylic acids is 1. The molecule has 0 N–H and O–H groups in total. The molecule has 2 fully saturated rings. The van der Waals surface area contributed by atoms with Crippen LogP contribution in [0.5, 0.6) is 0 Å². The van der Waals surface area contributed by atoms with E-state index < -0.39 is 17.5 Å². The SMILES string of the molecule is N#Cc1ccc2ncn(C[C@H]3CCC[C@]4(C3)CN(c3ccccc3F)C(=O)O4)c2c1. The van der Waals surface area contributed by atoms with E-state index in [-0.39, 0.29) is 5.69 Å². The largest absolute Gasteiger partial charge is 0.441 e. The predicted octanol–water partition coefficient (Wildman–Crippen LogP) is 4.63. The van der Waals surface area contributed by atoms with E-state index in [0.717, 1.165) is 43.3 Å². The van der Waals surface area contributed by atoms with Gasteiger partial charge >= 0.3 is 6.09 Å². The third-order valence-electron chi connectivity index (χ3n) is 6.22. The summed E-state index contributed by atoms with van der Waals surface area (Å²) in [6.07, 6.45) is 4.80. The fourth-order valence-electron chi connectivity index (χ4n) is 4.86. The number of rotatable bonds is 3. The molecule has 6 nitrogen and oxygen atoms in total. The van der Waals surface area contributed by atoms with Crippen LogP contribution in [0.25, 0.3) is 11.0 Å². The summed E-state index contributed by atoms with van der Waals surface area (Å²) in [5.74, 6) is -0.118. The fourth-order valence-corrected chi connectivity index (χ4v) is 4.86. The van der Waals surface area contributed by atoms with Crippen LogP contribution < -0.4 is 4.90 Å². The predicted molar refractivity (Wildman–Crippen MR) is 109 cm³/mol. The van der Waals surface area contributed by atoms with E-state index in [4.69, 9.17) is 4.74 Å². The lowest BCUT2D eigenvalue weighted by molar-refractivity contribution is 0.00439. The molecule has 1 amide bonds. The summed E-state index contributed by atoms with van der Waals surface area (Å²) in [6, 6.07) is 14.0. The molecule has 2 atom stereocenters. The molecule has 1 spiro atoms. The number of hydrogen-bond acceptors (Lipinski definition) is 4. The zero-order valence-corrected chi connectivity index (χ0v) is 16.4. The number of benzene rings is 2. The molecule has 1 aliphatic heterocycles. The minimum absolute atomic E-state index is 0.270. The van der Waals surface area contributed by atoms with Crippen molar-refractivity contribution in [1.29, 1.82) is 5.26 Å². The van der Waals surface area contributed by atoms with Crippen LogP contribution in [-0.4, -0.2) is 27.8 Å². The van der Waals surface area contributed by atoms with Crippen LogP contribution in [-0.2, 0) is 11.3 Å². The van der Waals surface area contributed by atoms with Crippen molar-refractivity contribution < 1.29 is 13.9 Å². The second-order valence-corrected chi connectivity index (χ2v) is 8.26. The molecule has 1 aromatic heterocycles. The topological polar surface area (TPSA) is 71.2 Å². The van der Waals surface area contributed by atoms with Gasteiger partial charge in [-0.05, 0) is 61.9 Å². The van der Waals surface area contributed by atoms with E-state index >= 15 is 0 Å². The van der Waals surface area contributed by atoms with Gasteiger partial charge in [-0.2, -0.15) is 5.26 Å². The Bertz CT molecular complexity index is 1170.